The molecule has 0 saturated carbocycles. The number of carbonyl (C=O) groups is 2. The molecule has 1 saturated heterocycles. The SMILES string of the molecule is NCC(=O)NC1C(O)CC(O)(C(=O)O)OC1[C@H](O)[C@H](O)CO. The van der Waals surface area contributed by atoms with Crippen LogP contribution in [0.25, 0.3) is 0 Å². The van der Waals surface area contributed by atoms with Crippen molar-refractivity contribution in [3.63, 3.8) is 0 Å². The number of hydrogen-bond acceptors (Lipinski definition) is 9. The predicted octanol–water partition coefficient (Wildman–Crippen LogP) is -4.93. The average Bonchev–Trinajstić information content (AvgIpc) is 2.47. The summed E-state index contributed by atoms with van der Waals surface area (Å²) in [7, 11) is 0. The second-order valence-corrected chi connectivity index (χ2v) is 4.98. The molecule has 1 aliphatic heterocycles. The number of hydrogen-bond donors (Lipinski definition) is 8. The summed E-state index contributed by atoms with van der Waals surface area (Å²) in [5, 5.41) is 59.1. The summed E-state index contributed by atoms with van der Waals surface area (Å²) in [6.07, 6.45) is -7.70. The molecule has 0 aromatic carbocycles. The standard InChI is InChI=1S/C11H20N2O9/c12-2-6(17)13-7-4(15)1-11(21,10(19)20)22-9(7)8(18)5(16)3-14/h4-5,7-9,14-16,18,21H,1-3,12H2,(H,13,17)(H,19,20)/t4?,5-,7?,8-,9?,11?/m1/s1. The quantitative estimate of drug-likeness (QED) is 0.234. The lowest BCUT2D eigenvalue weighted by Gasteiger charge is -2.44. The Bertz CT molecular complexity index is 420. The van der Waals surface area contributed by atoms with Crippen LogP contribution in [-0.2, 0) is 14.3 Å². The molecule has 11 nitrogen and oxygen atoms in total. The number of rotatable bonds is 6. The minimum Gasteiger partial charge on any atom is -0.477 e. The summed E-state index contributed by atoms with van der Waals surface area (Å²) in [5.41, 5.74) is 5.11. The number of carbonyl (C=O) groups excluding carboxylic acids is 1. The van der Waals surface area contributed by atoms with Crippen molar-refractivity contribution in [2.75, 3.05) is 13.2 Å². The predicted molar refractivity (Wildman–Crippen MR) is 68.2 cm³/mol. The Balaban J connectivity index is 3.07. The van der Waals surface area contributed by atoms with Crippen LogP contribution in [0.2, 0.25) is 0 Å². The molecule has 9 N–H and O–H groups in total. The Kier molecular flexibility index (Phi) is 6.19. The van der Waals surface area contributed by atoms with Gasteiger partial charge in [0.2, 0.25) is 5.91 Å². The van der Waals surface area contributed by atoms with Gasteiger partial charge in [-0.25, -0.2) is 4.79 Å². The number of aliphatic hydroxyl groups is 5. The molecule has 11 heteroatoms. The first-order valence-electron chi connectivity index (χ1n) is 6.44. The van der Waals surface area contributed by atoms with Crippen LogP contribution in [0, 0.1) is 0 Å². The molecule has 1 aliphatic rings. The fraction of sp³-hybridized carbons (Fsp3) is 0.818. The number of nitrogens with one attached hydrogen (secondary N) is 1. The maximum Gasteiger partial charge on any atom is 0.364 e. The fourth-order valence-corrected chi connectivity index (χ4v) is 2.15. The van der Waals surface area contributed by atoms with Crippen molar-refractivity contribution < 1.29 is 45.0 Å². The summed E-state index contributed by atoms with van der Waals surface area (Å²) in [6.45, 7) is -1.34. The molecule has 1 amide bonds. The van der Waals surface area contributed by atoms with Gasteiger partial charge in [-0.2, -0.15) is 0 Å². The molecule has 0 spiro atoms. The third-order valence-electron chi connectivity index (χ3n) is 3.35. The second-order valence-electron chi connectivity index (χ2n) is 4.98. The van der Waals surface area contributed by atoms with Crippen LogP contribution in [0.1, 0.15) is 6.42 Å². The van der Waals surface area contributed by atoms with Gasteiger partial charge >= 0.3 is 5.97 Å². The van der Waals surface area contributed by atoms with E-state index in [0.717, 1.165) is 0 Å². The van der Waals surface area contributed by atoms with Crippen LogP contribution in [0.3, 0.4) is 0 Å². The minimum atomic E-state index is -2.82. The lowest BCUT2D eigenvalue weighted by atomic mass is 9.88. The zero-order chi connectivity index (χ0) is 17.1. The van der Waals surface area contributed by atoms with Crippen LogP contribution in [0.4, 0.5) is 0 Å². The van der Waals surface area contributed by atoms with Gasteiger partial charge in [-0.3, -0.25) is 4.79 Å². The molecular formula is C11H20N2O9. The van der Waals surface area contributed by atoms with E-state index in [0.29, 0.717) is 0 Å². The van der Waals surface area contributed by atoms with Gasteiger partial charge in [0.15, 0.2) is 0 Å². The van der Waals surface area contributed by atoms with E-state index in [1.807, 2.05) is 0 Å². The van der Waals surface area contributed by atoms with Crippen molar-refractivity contribution in [2.24, 2.45) is 5.73 Å². The van der Waals surface area contributed by atoms with Gasteiger partial charge in [-0.1, -0.05) is 0 Å². The molecule has 6 atom stereocenters. The molecule has 0 aliphatic carbocycles. The molecule has 1 rings (SSSR count). The van der Waals surface area contributed by atoms with Crippen LogP contribution in [0.15, 0.2) is 0 Å². The Hall–Kier alpha value is -1.34. The van der Waals surface area contributed by atoms with Crippen molar-refractivity contribution in [3.05, 3.63) is 0 Å². The monoisotopic (exact) mass is 324 g/mol. The third kappa shape index (κ3) is 3.89. The van der Waals surface area contributed by atoms with E-state index in [4.69, 9.17) is 20.7 Å². The smallest absolute Gasteiger partial charge is 0.364 e. The van der Waals surface area contributed by atoms with Gasteiger partial charge < -0.3 is 46.4 Å². The molecule has 1 fully saturated rings. The topological polar surface area (TPSA) is 203 Å². The maximum atomic E-state index is 11.4. The van der Waals surface area contributed by atoms with Gasteiger partial charge in [0.25, 0.3) is 5.79 Å². The van der Waals surface area contributed by atoms with Crippen molar-refractivity contribution in [3.8, 4) is 0 Å². The zero-order valence-corrected chi connectivity index (χ0v) is 11.5. The van der Waals surface area contributed by atoms with E-state index in [1.54, 1.807) is 0 Å². The first-order chi connectivity index (χ1) is 10.2. The number of nitrogens with two attached hydrogens (primary N) is 1. The Morgan fingerprint density at radius 2 is 2.00 bits per heavy atom. The van der Waals surface area contributed by atoms with Crippen LogP contribution in [0.5, 0.6) is 0 Å². The lowest BCUT2D eigenvalue weighted by molar-refractivity contribution is -0.295. The molecule has 1 heterocycles. The number of ether oxygens (including phenoxy) is 1. The highest BCUT2D eigenvalue weighted by atomic mass is 16.7. The number of aliphatic hydroxyl groups excluding tert-OH is 4. The Morgan fingerprint density at radius 3 is 2.45 bits per heavy atom. The van der Waals surface area contributed by atoms with E-state index in [1.165, 1.54) is 0 Å². The molecule has 0 aromatic rings. The molecular weight excluding hydrogens is 304 g/mol. The Morgan fingerprint density at radius 1 is 1.41 bits per heavy atom. The van der Waals surface area contributed by atoms with E-state index in [-0.39, 0.29) is 0 Å². The molecule has 22 heavy (non-hydrogen) atoms. The van der Waals surface area contributed by atoms with E-state index in [2.05, 4.69) is 5.32 Å². The largest absolute Gasteiger partial charge is 0.477 e. The van der Waals surface area contributed by atoms with Gasteiger partial charge in [0, 0.05) is 6.42 Å². The first-order valence-corrected chi connectivity index (χ1v) is 6.44. The van der Waals surface area contributed by atoms with Crippen molar-refractivity contribution in [1.82, 2.24) is 5.32 Å². The molecule has 128 valence electrons. The molecule has 4 unspecified atom stereocenters. The van der Waals surface area contributed by atoms with Gasteiger partial charge in [-0.15, -0.1) is 0 Å². The Labute approximate surface area is 124 Å². The summed E-state index contributed by atoms with van der Waals surface area (Å²) in [6, 6.07) is -1.34. The normalized spacial score (nSPS) is 34.7. The van der Waals surface area contributed by atoms with Gasteiger partial charge in [0.05, 0.1) is 25.3 Å². The summed E-state index contributed by atoms with van der Waals surface area (Å²) in [5.74, 6) is -5.36. The number of carboxylic acids is 1. The minimum absolute atomic E-state index is 0.447. The highest BCUT2D eigenvalue weighted by molar-refractivity contribution is 5.78. The van der Waals surface area contributed by atoms with E-state index < -0.39 is 67.7 Å². The molecule has 0 radical (unpaired) electrons. The average molecular weight is 324 g/mol. The van der Waals surface area contributed by atoms with Crippen LogP contribution in [-0.4, -0.2) is 91.9 Å². The highest BCUT2D eigenvalue weighted by Crippen LogP contribution is 2.30. The van der Waals surface area contributed by atoms with E-state index in [9.17, 15) is 30.0 Å². The van der Waals surface area contributed by atoms with Crippen LogP contribution >= 0.6 is 0 Å². The van der Waals surface area contributed by atoms with Gasteiger partial charge in [-0.05, 0) is 0 Å². The van der Waals surface area contributed by atoms with Crippen molar-refractivity contribution in [1.29, 1.82) is 0 Å². The summed E-state index contributed by atoms with van der Waals surface area (Å²) >= 11 is 0. The van der Waals surface area contributed by atoms with Crippen LogP contribution < -0.4 is 11.1 Å². The summed E-state index contributed by atoms with van der Waals surface area (Å²) in [4.78, 5) is 22.4. The maximum absolute atomic E-state index is 11.4. The van der Waals surface area contributed by atoms with Crippen molar-refractivity contribution >= 4 is 11.9 Å². The number of aliphatic carboxylic acids is 1. The zero-order valence-electron chi connectivity index (χ0n) is 11.5. The summed E-state index contributed by atoms with van der Waals surface area (Å²) < 4.78 is 4.87. The second kappa shape index (κ2) is 7.28. The highest BCUT2D eigenvalue weighted by Gasteiger charge is 2.53. The van der Waals surface area contributed by atoms with E-state index >= 15 is 0 Å². The van der Waals surface area contributed by atoms with Gasteiger partial charge in [0.1, 0.15) is 18.3 Å². The molecule has 0 aromatic heterocycles. The number of carboxylic acid groups (broad SMARTS) is 1. The molecule has 0 bridgehead atoms. The third-order valence-corrected chi connectivity index (χ3v) is 3.35. The fourth-order valence-electron chi connectivity index (χ4n) is 2.15. The first kappa shape index (κ1) is 18.7. The van der Waals surface area contributed by atoms with Crippen molar-refractivity contribution in [2.45, 2.75) is 42.7 Å². The lowest BCUT2D eigenvalue weighted by Crippen LogP contribution is -2.67. The number of amides is 1.